The van der Waals surface area contributed by atoms with Crippen molar-refractivity contribution in [1.82, 2.24) is 5.43 Å². The molecule has 1 amide bonds. The SMILES string of the molecule is O=C(N/N=C\c1ccc(-c2ccc(Cl)cc2Cl)o1)c1ccco1. The van der Waals surface area contributed by atoms with Gasteiger partial charge >= 0.3 is 5.91 Å². The van der Waals surface area contributed by atoms with Gasteiger partial charge in [-0.2, -0.15) is 5.10 Å². The Morgan fingerprint density at radius 3 is 2.78 bits per heavy atom. The Morgan fingerprint density at radius 2 is 2.04 bits per heavy atom. The Hall–Kier alpha value is -2.50. The monoisotopic (exact) mass is 348 g/mol. The molecule has 0 saturated carbocycles. The summed E-state index contributed by atoms with van der Waals surface area (Å²) in [6, 6.07) is 11.8. The molecule has 0 unspecified atom stereocenters. The third-order valence-electron chi connectivity index (χ3n) is 2.93. The summed E-state index contributed by atoms with van der Waals surface area (Å²) in [5, 5.41) is 4.84. The molecular formula is C16H10Cl2N2O3. The van der Waals surface area contributed by atoms with Gasteiger partial charge in [0, 0.05) is 10.6 Å². The number of amides is 1. The summed E-state index contributed by atoms with van der Waals surface area (Å²) in [4.78, 5) is 11.6. The Kier molecular flexibility index (Phi) is 4.50. The first-order valence-electron chi connectivity index (χ1n) is 6.55. The van der Waals surface area contributed by atoms with E-state index in [1.165, 1.54) is 12.5 Å². The summed E-state index contributed by atoms with van der Waals surface area (Å²) < 4.78 is 10.6. The Balaban J connectivity index is 1.70. The zero-order valence-electron chi connectivity index (χ0n) is 11.6. The second kappa shape index (κ2) is 6.73. The van der Waals surface area contributed by atoms with E-state index in [4.69, 9.17) is 32.0 Å². The average Bonchev–Trinajstić information content (AvgIpc) is 3.18. The fraction of sp³-hybridized carbons (Fsp3) is 0. The maximum Gasteiger partial charge on any atom is 0.307 e. The van der Waals surface area contributed by atoms with Crippen LogP contribution in [0.1, 0.15) is 16.3 Å². The Labute approximate surface area is 141 Å². The lowest BCUT2D eigenvalue weighted by Gasteiger charge is -2.00. The van der Waals surface area contributed by atoms with Gasteiger partial charge in [0.15, 0.2) is 5.76 Å². The van der Waals surface area contributed by atoms with E-state index in [-0.39, 0.29) is 5.76 Å². The van der Waals surface area contributed by atoms with Gasteiger partial charge in [0.05, 0.1) is 17.5 Å². The molecule has 7 heteroatoms. The normalized spacial score (nSPS) is 11.0. The molecule has 23 heavy (non-hydrogen) atoms. The van der Waals surface area contributed by atoms with Crippen molar-refractivity contribution >= 4 is 35.3 Å². The van der Waals surface area contributed by atoms with Crippen molar-refractivity contribution in [3.05, 3.63) is 70.3 Å². The second-order valence-electron chi connectivity index (χ2n) is 4.50. The molecule has 0 aliphatic rings. The van der Waals surface area contributed by atoms with Crippen molar-refractivity contribution in [2.45, 2.75) is 0 Å². The number of carbonyl (C=O) groups is 1. The van der Waals surface area contributed by atoms with Gasteiger partial charge in [0.2, 0.25) is 0 Å². The molecule has 0 atom stereocenters. The fourth-order valence-electron chi connectivity index (χ4n) is 1.87. The van der Waals surface area contributed by atoms with Crippen LogP contribution < -0.4 is 5.43 Å². The lowest BCUT2D eigenvalue weighted by Crippen LogP contribution is -2.16. The van der Waals surface area contributed by atoms with Gasteiger partial charge in [-0.3, -0.25) is 4.79 Å². The molecule has 1 aromatic carbocycles. The predicted octanol–water partition coefficient (Wildman–Crippen LogP) is 4.61. The minimum Gasteiger partial charge on any atom is -0.459 e. The number of nitrogens with zero attached hydrogens (tertiary/aromatic N) is 1. The fourth-order valence-corrected chi connectivity index (χ4v) is 2.38. The van der Waals surface area contributed by atoms with Gasteiger partial charge in [-0.1, -0.05) is 23.2 Å². The van der Waals surface area contributed by atoms with Gasteiger partial charge in [0.25, 0.3) is 0 Å². The molecule has 0 aliphatic heterocycles. The average molecular weight is 349 g/mol. The standard InChI is InChI=1S/C16H10Cl2N2O3/c17-10-3-5-12(13(18)8-10)14-6-4-11(23-14)9-19-20-16(21)15-2-1-7-22-15/h1-9H,(H,20,21)/b19-9-. The molecule has 0 radical (unpaired) electrons. The van der Waals surface area contributed by atoms with Crippen LogP contribution in [0.25, 0.3) is 11.3 Å². The molecule has 0 bridgehead atoms. The first kappa shape index (κ1) is 15.4. The van der Waals surface area contributed by atoms with Crippen LogP contribution >= 0.6 is 23.2 Å². The van der Waals surface area contributed by atoms with Crippen molar-refractivity contribution < 1.29 is 13.6 Å². The molecule has 5 nitrogen and oxygen atoms in total. The van der Waals surface area contributed by atoms with Crippen molar-refractivity contribution in [2.75, 3.05) is 0 Å². The highest BCUT2D eigenvalue weighted by atomic mass is 35.5. The van der Waals surface area contributed by atoms with Crippen LogP contribution in [0.2, 0.25) is 10.0 Å². The van der Waals surface area contributed by atoms with Crippen LogP contribution in [-0.4, -0.2) is 12.1 Å². The third kappa shape index (κ3) is 3.64. The highest BCUT2D eigenvalue weighted by Crippen LogP contribution is 2.31. The number of furan rings is 2. The third-order valence-corrected chi connectivity index (χ3v) is 3.47. The summed E-state index contributed by atoms with van der Waals surface area (Å²) in [7, 11) is 0. The number of rotatable bonds is 4. The van der Waals surface area contributed by atoms with Gasteiger partial charge in [-0.15, -0.1) is 0 Å². The van der Waals surface area contributed by atoms with Crippen LogP contribution in [-0.2, 0) is 0 Å². The van der Waals surface area contributed by atoms with Gasteiger partial charge in [0.1, 0.15) is 11.5 Å². The minimum atomic E-state index is -0.446. The van der Waals surface area contributed by atoms with E-state index in [0.717, 1.165) is 5.56 Å². The van der Waals surface area contributed by atoms with Crippen molar-refractivity contribution in [3.63, 3.8) is 0 Å². The van der Waals surface area contributed by atoms with E-state index in [1.54, 1.807) is 42.5 Å². The zero-order valence-corrected chi connectivity index (χ0v) is 13.1. The van der Waals surface area contributed by atoms with Crippen LogP contribution in [0.4, 0.5) is 0 Å². The van der Waals surface area contributed by atoms with E-state index in [0.29, 0.717) is 21.6 Å². The van der Waals surface area contributed by atoms with Crippen molar-refractivity contribution in [3.8, 4) is 11.3 Å². The van der Waals surface area contributed by atoms with Gasteiger partial charge < -0.3 is 8.83 Å². The number of carbonyl (C=O) groups excluding carboxylic acids is 1. The quantitative estimate of drug-likeness (QED) is 0.552. The topological polar surface area (TPSA) is 67.7 Å². The molecule has 2 heterocycles. The number of hydrogen-bond acceptors (Lipinski definition) is 4. The van der Waals surface area contributed by atoms with Crippen LogP contribution in [0, 0.1) is 0 Å². The lowest BCUT2D eigenvalue weighted by atomic mass is 10.2. The van der Waals surface area contributed by atoms with E-state index in [1.807, 2.05) is 0 Å². The van der Waals surface area contributed by atoms with Crippen molar-refractivity contribution in [1.29, 1.82) is 0 Å². The van der Waals surface area contributed by atoms with Gasteiger partial charge in [-0.25, -0.2) is 5.43 Å². The zero-order chi connectivity index (χ0) is 16.2. The number of benzene rings is 1. The molecule has 0 saturated heterocycles. The summed E-state index contributed by atoms with van der Waals surface area (Å²) in [6.45, 7) is 0. The summed E-state index contributed by atoms with van der Waals surface area (Å²) in [5.41, 5.74) is 3.05. The van der Waals surface area contributed by atoms with Crippen LogP contribution in [0.15, 0.2) is 62.7 Å². The summed E-state index contributed by atoms with van der Waals surface area (Å²) in [6.07, 6.45) is 2.79. The molecule has 116 valence electrons. The smallest absolute Gasteiger partial charge is 0.307 e. The molecular weight excluding hydrogens is 339 g/mol. The first-order valence-corrected chi connectivity index (χ1v) is 7.31. The molecule has 3 aromatic rings. The minimum absolute atomic E-state index is 0.176. The predicted molar refractivity (Wildman–Crippen MR) is 87.9 cm³/mol. The molecule has 3 rings (SSSR count). The van der Waals surface area contributed by atoms with Crippen LogP contribution in [0.3, 0.4) is 0 Å². The van der Waals surface area contributed by atoms with E-state index in [2.05, 4.69) is 10.5 Å². The number of hydrogen-bond donors (Lipinski definition) is 1. The van der Waals surface area contributed by atoms with Crippen molar-refractivity contribution in [2.24, 2.45) is 5.10 Å². The van der Waals surface area contributed by atoms with E-state index in [9.17, 15) is 4.79 Å². The summed E-state index contributed by atoms with van der Waals surface area (Å²) in [5.74, 6) is 0.769. The molecule has 1 N–H and O–H groups in total. The van der Waals surface area contributed by atoms with Gasteiger partial charge in [-0.05, 0) is 42.5 Å². The Bertz CT molecular complexity index is 854. The first-order chi connectivity index (χ1) is 11.1. The Morgan fingerprint density at radius 1 is 1.17 bits per heavy atom. The molecule has 0 spiro atoms. The highest BCUT2D eigenvalue weighted by molar-refractivity contribution is 6.36. The number of hydrazone groups is 1. The molecule has 0 aliphatic carbocycles. The largest absolute Gasteiger partial charge is 0.459 e. The lowest BCUT2D eigenvalue weighted by molar-refractivity contribution is 0.0927. The molecule has 2 aromatic heterocycles. The maximum atomic E-state index is 11.6. The van der Waals surface area contributed by atoms with E-state index >= 15 is 0 Å². The number of nitrogens with one attached hydrogen (secondary N) is 1. The molecule has 0 fully saturated rings. The van der Waals surface area contributed by atoms with E-state index < -0.39 is 5.91 Å². The second-order valence-corrected chi connectivity index (χ2v) is 5.35. The van der Waals surface area contributed by atoms with Crippen LogP contribution in [0.5, 0.6) is 0 Å². The summed E-state index contributed by atoms with van der Waals surface area (Å²) >= 11 is 12.0. The number of halogens is 2. The maximum absolute atomic E-state index is 11.6. The highest BCUT2D eigenvalue weighted by Gasteiger charge is 2.09.